The van der Waals surface area contributed by atoms with Crippen LogP contribution in [-0.4, -0.2) is 6.47 Å². The monoisotopic (exact) mass is 140 g/mol. The van der Waals surface area contributed by atoms with E-state index < -0.39 is 0 Å². The van der Waals surface area contributed by atoms with E-state index in [9.17, 15) is 0 Å². The molecule has 0 aromatic carbocycles. The molecule has 0 aromatic heterocycles. The summed E-state index contributed by atoms with van der Waals surface area (Å²) >= 11 is 0. The Balaban J connectivity index is -0.0000000150. The smallest absolute Gasteiger partial charge is 1.00 e. The third-order valence-corrected chi connectivity index (χ3v) is 0.0393. The summed E-state index contributed by atoms with van der Waals surface area (Å²) in [5.74, 6) is 0. The molecule has 0 fully saturated rings. The molecule has 0 amide bonds. The van der Waals surface area contributed by atoms with Crippen LogP contribution in [0.3, 0.4) is 0 Å². The zero-order valence-electron chi connectivity index (χ0n) is 4.80. The van der Waals surface area contributed by atoms with Crippen LogP contribution in [0.4, 0.5) is 0 Å². The topological polar surface area (TPSA) is 49.4 Å². The number of hydrogen-bond acceptors (Lipinski definition) is 3. The largest absolute Gasteiger partial charge is 1.00 e. The molecule has 0 N–H and O–H groups in total. The van der Waals surface area contributed by atoms with Gasteiger partial charge in [-0.25, -0.2) is 0 Å². The first-order chi connectivity index (χ1) is 1.91. The number of rotatable bonds is 1. The van der Waals surface area contributed by atoms with Crippen LogP contribution in [0, 0.1) is 0 Å². The Labute approximate surface area is 122 Å². The van der Waals surface area contributed by atoms with Gasteiger partial charge in [-0.15, -0.1) is 0 Å². The molecule has 0 aromatic rings. The van der Waals surface area contributed by atoms with Crippen molar-refractivity contribution in [2.45, 2.75) is 0 Å². The number of carbonyl (C=O) groups is 1. The standard InChI is InChI=1S/CH2O3.2K.H/c2-1-4-3;;;/h1,3H;;;/q;2*+1;-1/p-1. The van der Waals surface area contributed by atoms with E-state index >= 15 is 0 Å². The molecule has 26 valence electrons. The van der Waals surface area contributed by atoms with Crippen LogP contribution in [0.15, 0.2) is 0 Å². The summed E-state index contributed by atoms with van der Waals surface area (Å²) in [7, 11) is 0. The van der Waals surface area contributed by atoms with E-state index in [4.69, 9.17) is 10.1 Å². The number of carbonyl (C=O) groups excluding carboxylic acids is 1. The van der Waals surface area contributed by atoms with E-state index in [2.05, 4.69) is 4.89 Å². The first-order valence-corrected chi connectivity index (χ1v) is 0.638. The summed E-state index contributed by atoms with van der Waals surface area (Å²) in [4.78, 5) is 11.2. The van der Waals surface area contributed by atoms with Crippen LogP contribution in [0.25, 0.3) is 0 Å². The van der Waals surface area contributed by atoms with Crippen molar-refractivity contribution in [3.05, 3.63) is 0 Å². The van der Waals surface area contributed by atoms with Crippen molar-refractivity contribution >= 4 is 6.47 Å². The quantitative estimate of drug-likeness (QED) is 0.157. The van der Waals surface area contributed by atoms with Gasteiger partial charge in [0.25, 0.3) is 6.47 Å². The molecule has 0 aliphatic rings. The molecule has 3 nitrogen and oxygen atoms in total. The van der Waals surface area contributed by atoms with Crippen molar-refractivity contribution < 1.29 is 119 Å². The van der Waals surface area contributed by atoms with Crippen molar-refractivity contribution in [3.8, 4) is 0 Å². The van der Waals surface area contributed by atoms with Crippen molar-refractivity contribution in [1.29, 1.82) is 0 Å². The second-order valence-electron chi connectivity index (χ2n) is 0.192. The Bertz CT molecular complexity index is 26.9. The summed E-state index contributed by atoms with van der Waals surface area (Å²) in [6.45, 7) is -0.181. The van der Waals surface area contributed by atoms with Crippen LogP contribution >= 0.6 is 0 Å². The Morgan fingerprint density at radius 3 is 1.83 bits per heavy atom. The molecule has 6 heavy (non-hydrogen) atoms. The fourth-order valence-electron chi connectivity index (χ4n) is 0. The first-order valence-electron chi connectivity index (χ1n) is 0.638. The van der Waals surface area contributed by atoms with Gasteiger partial charge in [-0.3, -0.25) is 4.79 Å². The van der Waals surface area contributed by atoms with E-state index in [1.807, 2.05) is 0 Å². The normalized spacial score (nSPS) is 3.50. The molecule has 0 aliphatic heterocycles. The first kappa shape index (κ1) is 15.9. The average molecular weight is 140 g/mol. The summed E-state index contributed by atoms with van der Waals surface area (Å²) in [5, 5.41) is 8.43. The van der Waals surface area contributed by atoms with Gasteiger partial charge in [0.1, 0.15) is 0 Å². The zero-order valence-corrected chi connectivity index (χ0v) is 10.0. The van der Waals surface area contributed by atoms with E-state index in [0.717, 1.165) is 0 Å². The number of hydrogen-bond donors (Lipinski definition) is 0. The zero-order chi connectivity index (χ0) is 3.41. The molecular formula is CH2K2O3. The molecule has 0 radical (unpaired) electrons. The van der Waals surface area contributed by atoms with Crippen LogP contribution in [-0.2, 0) is 9.68 Å². The summed E-state index contributed by atoms with van der Waals surface area (Å²) < 4.78 is 0. The van der Waals surface area contributed by atoms with Gasteiger partial charge in [0.05, 0.1) is 0 Å². The van der Waals surface area contributed by atoms with Gasteiger partial charge >= 0.3 is 103 Å². The minimum atomic E-state index is -0.181. The van der Waals surface area contributed by atoms with Gasteiger partial charge in [-0.2, -0.15) is 0 Å². The average Bonchev–Trinajstić information content (AvgIpc) is 1.37. The maximum Gasteiger partial charge on any atom is 1.00 e. The molecular weight excluding hydrogens is 138 g/mol. The summed E-state index contributed by atoms with van der Waals surface area (Å²) in [6.07, 6.45) is 0. The minimum Gasteiger partial charge on any atom is -1.00 e. The van der Waals surface area contributed by atoms with Gasteiger partial charge in [-0.1, -0.05) is 0 Å². The van der Waals surface area contributed by atoms with Gasteiger partial charge in [0.15, 0.2) is 0 Å². The SMILES string of the molecule is O=CO[O-].[H-].[K+].[K+]. The summed E-state index contributed by atoms with van der Waals surface area (Å²) in [5.41, 5.74) is 0. The molecule has 0 saturated heterocycles. The molecule has 5 heteroatoms. The van der Waals surface area contributed by atoms with E-state index in [-0.39, 0.29) is 111 Å². The fourth-order valence-corrected chi connectivity index (χ4v) is 0. The Morgan fingerprint density at radius 1 is 1.67 bits per heavy atom. The fraction of sp³-hybridized carbons (Fsp3) is 0. The van der Waals surface area contributed by atoms with E-state index in [0.29, 0.717) is 0 Å². The molecule has 0 unspecified atom stereocenters. The van der Waals surface area contributed by atoms with Gasteiger partial charge < -0.3 is 11.6 Å². The maximum absolute atomic E-state index is 8.64. The Morgan fingerprint density at radius 2 is 1.83 bits per heavy atom. The molecule has 0 heterocycles. The predicted molar refractivity (Wildman–Crippen MR) is 8.26 cm³/mol. The van der Waals surface area contributed by atoms with Crippen LogP contribution in [0.1, 0.15) is 1.43 Å². The van der Waals surface area contributed by atoms with Crippen molar-refractivity contribution in [3.63, 3.8) is 0 Å². The predicted octanol–water partition coefficient (Wildman–Crippen LogP) is -7.44. The van der Waals surface area contributed by atoms with Crippen molar-refractivity contribution in [1.82, 2.24) is 0 Å². The molecule has 0 spiro atoms. The maximum atomic E-state index is 8.64. The van der Waals surface area contributed by atoms with Crippen LogP contribution < -0.4 is 108 Å². The second kappa shape index (κ2) is 15.6. The van der Waals surface area contributed by atoms with Crippen LogP contribution in [0.5, 0.6) is 0 Å². The van der Waals surface area contributed by atoms with Crippen molar-refractivity contribution in [2.24, 2.45) is 0 Å². The van der Waals surface area contributed by atoms with Gasteiger partial charge in [-0.05, 0) is 0 Å². The second-order valence-corrected chi connectivity index (χ2v) is 0.192. The van der Waals surface area contributed by atoms with Gasteiger partial charge in [0.2, 0.25) is 0 Å². The molecule has 0 rings (SSSR count). The Kier molecular flexibility index (Phi) is 41.4. The van der Waals surface area contributed by atoms with Crippen molar-refractivity contribution in [2.75, 3.05) is 0 Å². The van der Waals surface area contributed by atoms with Gasteiger partial charge in [0, 0.05) is 0 Å². The molecule has 0 bridgehead atoms. The van der Waals surface area contributed by atoms with Crippen LogP contribution in [0.2, 0.25) is 0 Å². The molecule has 0 aliphatic carbocycles. The van der Waals surface area contributed by atoms with E-state index in [1.54, 1.807) is 0 Å². The molecule has 0 saturated carbocycles. The summed E-state index contributed by atoms with van der Waals surface area (Å²) in [6, 6.07) is 0. The third-order valence-electron chi connectivity index (χ3n) is 0.0393. The van der Waals surface area contributed by atoms with E-state index in [1.165, 1.54) is 0 Å². The Hall–Kier alpha value is 2.70. The third kappa shape index (κ3) is 15.9. The minimum absolute atomic E-state index is 0. The molecule has 0 atom stereocenters.